The SMILES string of the molecule is CCC(N)C(O)c1cc2cc(F)ccc2n1C. The fraction of sp³-hybridized carbons (Fsp3) is 0.385. The molecule has 0 saturated carbocycles. The van der Waals surface area contributed by atoms with Gasteiger partial charge in [-0.25, -0.2) is 4.39 Å². The van der Waals surface area contributed by atoms with Gasteiger partial charge in [0.25, 0.3) is 0 Å². The Morgan fingerprint density at radius 1 is 1.41 bits per heavy atom. The molecule has 3 N–H and O–H groups in total. The van der Waals surface area contributed by atoms with Crippen molar-refractivity contribution in [3.63, 3.8) is 0 Å². The van der Waals surface area contributed by atoms with E-state index in [1.54, 1.807) is 12.1 Å². The van der Waals surface area contributed by atoms with Gasteiger partial charge >= 0.3 is 0 Å². The summed E-state index contributed by atoms with van der Waals surface area (Å²) in [4.78, 5) is 0. The van der Waals surface area contributed by atoms with Gasteiger partial charge in [-0.15, -0.1) is 0 Å². The number of nitrogens with two attached hydrogens (primary N) is 1. The number of fused-ring (bicyclic) bond motifs is 1. The molecule has 0 aliphatic heterocycles. The van der Waals surface area contributed by atoms with Gasteiger partial charge in [0, 0.05) is 29.7 Å². The van der Waals surface area contributed by atoms with E-state index in [1.165, 1.54) is 12.1 Å². The molecule has 0 radical (unpaired) electrons. The number of aryl methyl sites for hydroxylation is 1. The van der Waals surface area contributed by atoms with E-state index in [0.29, 0.717) is 6.42 Å². The number of aliphatic hydroxyl groups is 1. The molecule has 3 nitrogen and oxygen atoms in total. The van der Waals surface area contributed by atoms with Crippen molar-refractivity contribution in [1.82, 2.24) is 4.57 Å². The molecule has 1 heterocycles. The summed E-state index contributed by atoms with van der Waals surface area (Å²) in [5.41, 5.74) is 7.45. The van der Waals surface area contributed by atoms with Gasteiger partial charge in [0.2, 0.25) is 0 Å². The third-order valence-corrected chi connectivity index (χ3v) is 3.22. The number of halogens is 1. The maximum absolute atomic E-state index is 13.1. The van der Waals surface area contributed by atoms with E-state index in [1.807, 2.05) is 18.5 Å². The zero-order chi connectivity index (χ0) is 12.6. The highest BCUT2D eigenvalue weighted by Crippen LogP contribution is 2.25. The number of hydrogen-bond acceptors (Lipinski definition) is 2. The third kappa shape index (κ3) is 2.06. The highest BCUT2D eigenvalue weighted by Gasteiger charge is 2.19. The first-order valence-electron chi connectivity index (χ1n) is 5.73. The Morgan fingerprint density at radius 2 is 2.12 bits per heavy atom. The van der Waals surface area contributed by atoms with E-state index in [4.69, 9.17) is 5.73 Å². The van der Waals surface area contributed by atoms with Crippen molar-refractivity contribution < 1.29 is 9.50 Å². The van der Waals surface area contributed by atoms with Crippen molar-refractivity contribution >= 4 is 10.9 Å². The van der Waals surface area contributed by atoms with Crippen LogP contribution in [0.25, 0.3) is 10.9 Å². The molecule has 2 aromatic rings. The maximum Gasteiger partial charge on any atom is 0.123 e. The van der Waals surface area contributed by atoms with Crippen LogP contribution >= 0.6 is 0 Å². The van der Waals surface area contributed by atoms with Crippen LogP contribution in [0, 0.1) is 5.82 Å². The Hall–Kier alpha value is -1.39. The van der Waals surface area contributed by atoms with Gasteiger partial charge in [0.15, 0.2) is 0 Å². The fourth-order valence-corrected chi connectivity index (χ4v) is 2.07. The zero-order valence-corrected chi connectivity index (χ0v) is 10.0. The van der Waals surface area contributed by atoms with Gasteiger partial charge < -0.3 is 15.4 Å². The van der Waals surface area contributed by atoms with Gasteiger partial charge in [0.05, 0.1) is 0 Å². The summed E-state index contributed by atoms with van der Waals surface area (Å²) in [5, 5.41) is 10.9. The van der Waals surface area contributed by atoms with Crippen LogP contribution in [0.5, 0.6) is 0 Å². The molecule has 17 heavy (non-hydrogen) atoms. The average molecular weight is 236 g/mol. The summed E-state index contributed by atoms with van der Waals surface area (Å²) >= 11 is 0. The van der Waals surface area contributed by atoms with E-state index < -0.39 is 6.10 Å². The van der Waals surface area contributed by atoms with Crippen molar-refractivity contribution in [2.75, 3.05) is 0 Å². The minimum absolute atomic E-state index is 0.274. The van der Waals surface area contributed by atoms with E-state index >= 15 is 0 Å². The van der Waals surface area contributed by atoms with E-state index in [0.717, 1.165) is 16.6 Å². The minimum atomic E-state index is -0.722. The molecule has 92 valence electrons. The number of benzene rings is 1. The number of rotatable bonds is 3. The van der Waals surface area contributed by atoms with E-state index in [9.17, 15) is 9.50 Å². The molecular weight excluding hydrogens is 219 g/mol. The lowest BCUT2D eigenvalue weighted by atomic mass is 10.1. The van der Waals surface area contributed by atoms with Crippen LogP contribution in [0.3, 0.4) is 0 Å². The van der Waals surface area contributed by atoms with Crippen molar-refractivity contribution in [1.29, 1.82) is 0 Å². The standard InChI is InChI=1S/C13H17FN2O/c1-3-10(15)13(17)12-7-8-6-9(14)4-5-11(8)16(12)2/h4-7,10,13,17H,3,15H2,1-2H3. The quantitative estimate of drug-likeness (QED) is 0.857. The largest absolute Gasteiger partial charge is 0.385 e. The molecule has 4 heteroatoms. The molecule has 0 aliphatic carbocycles. The van der Waals surface area contributed by atoms with E-state index in [2.05, 4.69) is 0 Å². The molecule has 1 aromatic carbocycles. The molecular formula is C13H17FN2O. The Labute approximate surface area is 99.7 Å². The number of nitrogens with zero attached hydrogens (tertiary/aromatic N) is 1. The first kappa shape index (κ1) is 12.1. The molecule has 0 amide bonds. The fourth-order valence-electron chi connectivity index (χ4n) is 2.07. The summed E-state index contributed by atoms with van der Waals surface area (Å²) in [7, 11) is 1.85. The summed E-state index contributed by atoms with van der Waals surface area (Å²) in [6.45, 7) is 1.93. The highest BCUT2D eigenvalue weighted by atomic mass is 19.1. The van der Waals surface area contributed by atoms with Crippen LogP contribution in [-0.4, -0.2) is 15.7 Å². The van der Waals surface area contributed by atoms with Gasteiger partial charge in [0.1, 0.15) is 11.9 Å². The molecule has 0 bridgehead atoms. The Kier molecular flexibility index (Phi) is 3.17. The van der Waals surface area contributed by atoms with E-state index in [-0.39, 0.29) is 11.9 Å². The maximum atomic E-state index is 13.1. The second kappa shape index (κ2) is 4.47. The van der Waals surface area contributed by atoms with Crippen LogP contribution < -0.4 is 5.73 Å². The first-order valence-corrected chi connectivity index (χ1v) is 5.73. The average Bonchev–Trinajstić information content (AvgIpc) is 2.64. The Bertz CT molecular complexity index is 535. The molecule has 0 fully saturated rings. The second-order valence-electron chi connectivity index (χ2n) is 4.35. The van der Waals surface area contributed by atoms with Crippen LogP contribution in [-0.2, 0) is 7.05 Å². The Balaban J connectivity index is 2.52. The lowest BCUT2D eigenvalue weighted by molar-refractivity contribution is 0.137. The number of hydrogen-bond donors (Lipinski definition) is 2. The van der Waals surface area contributed by atoms with Crippen molar-refractivity contribution in [2.45, 2.75) is 25.5 Å². The van der Waals surface area contributed by atoms with Gasteiger partial charge in [-0.2, -0.15) is 0 Å². The van der Waals surface area contributed by atoms with Crippen molar-refractivity contribution in [3.05, 3.63) is 35.8 Å². The summed E-state index contributed by atoms with van der Waals surface area (Å²) in [6.07, 6.45) is -0.0303. The molecule has 2 unspecified atom stereocenters. The molecule has 2 atom stereocenters. The zero-order valence-electron chi connectivity index (χ0n) is 10.0. The number of aliphatic hydroxyl groups excluding tert-OH is 1. The van der Waals surface area contributed by atoms with Gasteiger partial charge in [-0.3, -0.25) is 0 Å². The molecule has 0 aliphatic rings. The van der Waals surface area contributed by atoms with Crippen LogP contribution in [0.2, 0.25) is 0 Å². The normalized spacial score (nSPS) is 15.1. The first-order chi connectivity index (χ1) is 8.04. The highest BCUT2D eigenvalue weighted by molar-refractivity contribution is 5.81. The summed E-state index contributed by atoms with van der Waals surface area (Å²) in [6, 6.07) is 6.07. The molecule has 0 spiro atoms. The second-order valence-corrected chi connectivity index (χ2v) is 4.35. The molecule has 2 rings (SSSR count). The monoisotopic (exact) mass is 236 g/mol. The van der Waals surface area contributed by atoms with Crippen molar-refractivity contribution in [3.8, 4) is 0 Å². The predicted octanol–water partition coefficient (Wildman–Crippen LogP) is 2.09. The topological polar surface area (TPSA) is 51.2 Å². The summed E-state index contributed by atoms with van der Waals surface area (Å²) < 4.78 is 15.0. The third-order valence-electron chi connectivity index (χ3n) is 3.22. The lowest BCUT2D eigenvalue weighted by Crippen LogP contribution is -2.28. The molecule has 1 aromatic heterocycles. The minimum Gasteiger partial charge on any atom is -0.385 e. The predicted molar refractivity (Wildman–Crippen MR) is 66.1 cm³/mol. The van der Waals surface area contributed by atoms with Crippen LogP contribution in [0.15, 0.2) is 24.3 Å². The van der Waals surface area contributed by atoms with Crippen molar-refractivity contribution in [2.24, 2.45) is 12.8 Å². The van der Waals surface area contributed by atoms with Crippen LogP contribution in [0.1, 0.15) is 25.1 Å². The molecule has 0 saturated heterocycles. The number of aromatic nitrogens is 1. The smallest absolute Gasteiger partial charge is 0.123 e. The van der Waals surface area contributed by atoms with Crippen LogP contribution in [0.4, 0.5) is 4.39 Å². The Morgan fingerprint density at radius 3 is 2.76 bits per heavy atom. The lowest BCUT2D eigenvalue weighted by Gasteiger charge is -2.18. The summed E-state index contributed by atoms with van der Waals surface area (Å²) in [5.74, 6) is -0.274. The van der Waals surface area contributed by atoms with Gasteiger partial charge in [-0.05, 0) is 30.7 Å². The van der Waals surface area contributed by atoms with Gasteiger partial charge in [-0.1, -0.05) is 6.92 Å².